The second-order valence-electron chi connectivity index (χ2n) is 3.13. The van der Waals surface area contributed by atoms with Gasteiger partial charge in [-0.2, -0.15) is 0 Å². The molecule has 3 unspecified atom stereocenters. The SMILES string of the molecule is O=[PH](O)OC12COC1CO[C@@H]2CO. The van der Waals surface area contributed by atoms with Gasteiger partial charge in [0.25, 0.3) is 0 Å². The average molecular weight is 210 g/mol. The van der Waals surface area contributed by atoms with Crippen molar-refractivity contribution < 1.29 is 28.6 Å². The van der Waals surface area contributed by atoms with Crippen LogP contribution < -0.4 is 0 Å². The van der Waals surface area contributed by atoms with Gasteiger partial charge in [0.2, 0.25) is 0 Å². The summed E-state index contributed by atoms with van der Waals surface area (Å²) in [7, 11) is -3.02. The highest BCUT2D eigenvalue weighted by molar-refractivity contribution is 7.32. The van der Waals surface area contributed by atoms with E-state index in [-0.39, 0.29) is 19.3 Å². The Kier molecular flexibility index (Phi) is 2.44. The second kappa shape index (κ2) is 3.31. The number of hydrogen-bond donors (Lipinski definition) is 2. The summed E-state index contributed by atoms with van der Waals surface area (Å²) in [5, 5.41) is 8.93. The summed E-state index contributed by atoms with van der Waals surface area (Å²) in [6.07, 6.45) is -0.863. The van der Waals surface area contributed by atoms with E-state index in [1.165, 1.54) is 0 Å². The Morgan fingerprint density at radius 2 is 2.38 bits per heavy atom. The number of aliphatic hydroxyl groups is 1. The van der Waals surface area contributed by atoms with Crippen molar-refractivity contribution in [1.29, 1.82) is 0 Å². The fourth-order valence-corrected chi connectivity index (χ4v) is 2.38. The molecule has 0 aromatic carbocycles. The first-order valence-corrected chi connectivity index (χ1v) is 5.21. The lowest BCUT2D eigenvalue weighted by Gasteiger charge is -2.44. The van der Waals surface area contributed by atoms with Crippen molar-refractivity contribution in [1.82, 2.24) is 0 Å². The summed E-state index contributed by atoms with van der Waals surface area (Å²) >= 11 is 0. The summed E-state index contributed by atoms with van der Waals surface area (Å²) in [4.78, 5) is 8.67. The van der Waals surface area contributed by atoms with Crippen LogP contribution in [-0.4, -0.2) is 47.6 Å². The van der Waals surface area contributed by atoms with Gasteiger partial charge in [-0.05, 0) is 0 Å². The van der Waals surface area contributed by atoms with Crippen LogP contribution in [-0.2, 0) is 18.6 Å². The first-order chi connectivity index (χ1) is 6.19. The highest BCUT2D eigenvalue weighted by Crippen LogP contribution is 2.44. The molecule has 2 aliphatic rings. The van der Waals surface area contributed by atoms with Crippen molar-refractivity contribution >= 4 is 8.25 Å². The van der Waals surface area contributed by atoms with Gasteiger partial charge < -0.3 is 19.5 Å². The normalized spacial score (nSPS) is 45.4. The number of rotatable bonds is 3. The monoisotopic (exact) mass is 210 g/mol. The van der Waals surface area contributed by atoms with Crippen molar-refractivity contribution in [3.63, 3.8) is 0 Å². The molecule has 2 rings (SSSR count). The van der Waals surface area contributed by atoms with Crippen molar-refractivity contribution in [3.05, 3.63) is 0 Å². The van der Waals surface area contributed by atoms with E-state index in [0.717, 1.165) is 0 Å². The first kappa shape index (κ1) is 9.58. The van der Waals surface area contributed by atoms with Gasteiger partial charge in [0, 0.05) is 0 Å². The number of fused-ring (bicyclic) bond motifs is 1. The second-order valence-corrected chi connectivity index (χ2v) is 3.86. The maximum atomic E-state index is 10.6. The van der Waals surface area contributed by atoms with Crippen LogP contribution in [0.25, 0.3) is 0 Å². The van der Waals surface area contributed by atoms with Crippen LogP contribution in [0, 0.1) is 0 Å². The van der Waals surface area contributed by atoms with E-state index in [2.05, 4.69) is 0 Å². The molecule has 0 bridgehead atoms. The summed E-state index contributed by atoms with van der Waals surface area (Å²) in [5.74, 6) is 0. The Morgan fingerprint density at radius 1 is 1.62 bits per heavy atom. The Bertz CT molecular complexity index is 233. The van der Waals surface area contributed by atoms with Crippen molar-refractivity contribution in [2.75, 3.05) is 19.8 Å². The molecule has 2 heterocycles. The van der Waals surface area contributed by atoms with Gasteiger partial charge in [0.15, 0.2) is 5.60 Å². The quantitative estimate of drug-likeness (QED) is 0.576. The molecule has 2 fully saturated rings. The maximum absolute atomic E-state index is 10.6. The van der Waals surface area contributed by atoms with E-state index in [9.17, 15) is 4.57 Å². The molecular formula is C6H11O6P. The molecular weight excluding hydrogens is 199 g/mol. The molecule has 4 atom stereocenters. The predicted octanol–water partition coefficient (Wildman–Crippen LogP) is -1.09. The molecule has 0 aromatic rings. The summed E-state index contributed by atoms with van der Waals surface area (Å²) in [5.41, 5.74) is -0.889. The molecule has 2 saturated heterocycles. The zero-order chi connectivity index (χ0) is 9.47. The topological polar surface area (TPSA) is 85.2 Å². The molecule has 13 heavy (non-hydrogen) atoms. The van der Waals surface area contributed by atoms with Crippen LogP contribution in [0.15, 0.2) is 0 Å². The molecule has 2 aliphatic heterocycles. The van der Waals surface area contributed by atoms with Gasteiger partial charge in [0.05, 0.1) is 19.8 Å². The zero-order valence-electron chi connectivity index (χ0n) is 6.80. The molecule has 7 heteroatoms. The fraction of sp³-hybridized carbons (Fsp3) is 1.00. The van der Waals surface area contributed by atoms with E-state index in [0.29, 0.717) is 6.61 Å². The Balaban J connectivity index is 2.12. The smallest absolute Gasteiger partial charge is 0.317 e. The van der Waals surface area contributed by atoms with Crippen LogP contribution in [0.1, 0.15) is 0 Å². The minimum absolute atomic E-state index is 0.208. The Labute approximate surface area is 75.4 Å². The van der Waals surface area contributed by atoms with E-state index in [4.69, 9.17) is 24.0 Å². The molecule has 0 aromatic heterocycles. The molecule has 76 valence electrons. The van der Waals surface area contributed by atoms with Gasteiger partial charge in [-0.15, -0.1) is 0 Å². The van der Waals surface area contributed by atoms with Crippen LogP contribution in [0.3, 0.4) is 0 Å². The minimum atomic E-state index is -3.02. The third kappa shape index (κ3) is 1.34. The Hall–Kier alpha value is 0.0300. The molecule has 0 amide bonds. The van der Waals surface area contributed by atoms with Gasteiger partial charge in [-0.3, -0.25) is 9.09 Å². The van der Waals surface area contributed by atoms with Crippen LogP contribution >= 0.6 is 8.25 Å². The van der Waals surface area contributed by atoms with Gasteiger partial charge in [-0.25, -0.2) is 0 Å². The summed E-state index contributed by atoms with van der Waals surface area (Å²) in [6.45, 7) is 0.287. The first-order valence-electron chi connectivity index (χ1n) is 3.95. The number of ether oxygens (including phenoxy) is 2. The van der Waals surface area contributed by atoms with Crippen LogP contribution in [0.4, 0.5) is 0 Å². The minimum Gasteiger partial charge on any atom is -0.394 e. The fourth-order valence-electron chi connectivity index (χ4n) is 1.73. The van der Waals surface area contributed by atoms with E-state index in [1.54, 1.807) is 0 Å². The van der Waals surface area contributed by atoms with Gasteiger partial charge >= 0.3 is 8.25 Å². The van der Waals surface area contributed by atoms with Gasteiger partial charge in [0.1, 0.15) is 12.2 Å². The highest BCUT2D eigenvalue weighted by Gasteiger charge is 2.61. The third-order valence-corrected chi connectivity index (χ3v) is 3.05. The van der Waals surface area contributed by atoms with Crippen molar-refractivity contribution in [3.8, 4) is 0 Å². The van der Waals surface area contributed by atoms with Gasteiger partial charge in [-0.1, -0.05) is 0 Å². The predicted molar refractivity (Wildman–Crippen MR) is 41.6 cm³/mol. The zero-order valence-corrected chi connectivity index (χ0v) is 7.80. The van der Waals surface area contributed by atoms with Crippen molar-refractivity contribution in [2.45, 2.75) is 17.8 Å². The largest absolute Gasteiger partial charge is 0.394 e. The van der Waals surface area contributed by atoms with E-state index in [1.807, 2.05) is 0 Å². The molecule has 6 nitrogen and oxygen atoms in total. The standard InChI is InChI=1S/C6H11O6P/c7-1-4-6(12-13(8)9)3-11-5(6)2-10-4/h4-5,7,13H,1-3H2,(H,8,9)/t4-,5?,6?/m1/s1. The Morgan fingerprint density at radius 3 is 2.85 bits per heavy atom. The van der Waals surface area contributed by atoms with Crippen molar-refractivity contribution in [2.24, 2.45) is 0 Å². The average Bonchev–Trinajstić information content (AvgIpc) is 2.27. The van der Waals surface area contributed by atoms with E-state index >= 15 is 0 Å². The molecule has 0 spiro atoms. The lowest BCUT2D eigenvalue weighted by atomic mass is 9.90. The molecule has 0 saturated carbocycles. The summed E-state index contributed by atoms with van der Waals surface area (Å²) in [6, 6.07) is 0. The lowest BCUT2D eigenvalue weighted by molar-refractivity contribution is -0.213. The van der Waals surface area contributed by atoms with Crippen LogP contribution in [0.2, 0.25) is 0 Å². The number of aliphatic hydroxyl groups excluding tert-OH is 1. The maximum Gasteiger partial charge on any atom is 0.317 e. The lowest BCUT2D eigenvalue weighted by Crippen LogP contribution is -2.62. The summed E-state index contributed by atoms with van der Waals surface area (Å²) < 4.78 is 25.7. The van der Waals surface area contributed by atoms with Crippen LogP contribution in [0.5, 0.6) is 0 Å². The molecule has 2 N–H and O–H groups in total. The number of hydrogen-bond acceptors (Lipinski definition) is 5. The highest BCUT2D eigenvalue weighted by atomic mass is 31.1. The molecule has 0 aliphatic carbocycles. The van der Waals surface area contributed by atoms with E-state index < -0.39 is 20.0 Å². The third-order valence-electron chi connectivity index (χ3n) is 2.49. The molecule has 0 radical (unpaired) electrons.